The first-order valence-corrected chi connectivity index (χ1v) is 8.48. The van der Waals surface area contributed by atoms with E-state index in [9.17, 15) is 9.90 Å². The molecule has 0 spiro atoms. The molecule has 1 heterocycles. The van der Waals surface area contributed by atoms with Crippen molar-refractivity contribution in [2.75, 3.05) is 11.9 Å². The second kappa shape index (κ2) is 6.67. The molecule has 0 fully saturated rings. The highest BCUT2D eigenvalue weighted by Gasteiger charge is 2.28. The van der Waals surface area contributed by atoms with Gasteiger partial charge in [0.25, 0.3) is 5.91 Å². The molecule has 5 nitrogen and oxygen atoms in total. The number of phenolic OH excluding ortho intramolecular Hbond substituents is 1. The fraction of sp³-hybridized carbons (Fsp3) is 0.238. The average molecular weight is 349 g/mol. The highest BCUT2D eigenvalue weighted by molar-refractivity contribution is 5.95. The fourth-order valence-electron chi connectivity index (χ4n) is 3.10. The Balaban J connectivity index is 1.75. The van der Waals surface area contributed by atoms with Crippen LogP contribution in [0.5, 0.6) is 5.75 Å². The van der Waals surface area contributed by atoms with Crippen molar-refractivity contribution < 1.29 is 9.90 Å². The lowest BCUT2D eigenvalue weighted by Gasteiger charge is -2.40. The van der Waals surface area contributed by atoms with Crippen LogP contribution in [-0.4, -0.2) is 29.8 Å². The van der Waals surface area contributed by atoms with Gasteiger partial charge in [0.05, 0.1) is 11.8 Å². The van der Waals surface area contributed by atoms with E-state index in [0.29, 0.717) is 5.56 Å². The van der Waals surface area contributed by atoms with Gasteiger partial charge in [-0.1, -0.05) is 12.1 Å². The van der Waals surface area contributed by atoms with Gasteiger partial charge in [-0.25, -0.2) is 5.43 Å². The molecule has 0 saturated heterocycles. The smallest absolute Gasteiger partial charge is 0.271 e. The van der Waals surface area contributed by atoms with Gasteiger partial charge in [-0.3, -0.25) is 4.79 Å². The van der Waals surface area contributed by atoms with Crippen LogP contribution in [0.1, 0.15) is 42.3 Å². The van der Waals surface area contributed by atoms with Crippen LogP contribution in [0.4, 0.5) is 5.69 Å². The number of carbonyl (C=O) groups excluding carboxylic acids is 1. The lowest BCUT2D eigenvalue weighted by molar-refractivity contribution is 0.0955. The molecular weight excluding hydrogens is 326 g/mol. The van der Waals surface area contributed by atoms with Gasteiger partial charge in [0.15, 0.2) is 0 Å². The zero-order valence-electron chi connectivity index (χ0n) is 15.4. The van der Waals surface area contributed by atoms with Crippen molar-refractivity contribution in [2.24, 2.45) is 5.10 Å². The van der Waals surface area contributed by atoms with Crippen molar-refractivity contribution in [1.29, 1.82) is 0 Å². The Labute approximate surface area is 153 Å². The number of nitrogens with one attached hydrogen (secondary N) is 1. The number of phenols is 1. The Morgan fingerprint density at radius 3 is 2.58 bits per heavy atom. The second-order valence-corrected chi connectivity index (χ2v) is 7.06. The van der Waals surface area contributed by atoms with Gasteiger partial charge in [-0.2, -0.15) is 5.10 Å². The third kappa shape index (κ3) is 3.47. The monoisotopic (exact) mass is 349 g/mol. The van der Waals surface area contributed by atoms with Crippen LogP contribution >= 0.6 is 0 Å². The molecule has 1 amide bonds. The van der Waals surface area contributed by atoms with E-state index >= 15 is 0 Å². The number of rotatable bonds is 3. The molecule has 26 heavy (non-hydrogen) atoms. The molecule has 0 unspecified atom stereocenters. The van der Waals surface area contributed by atoms with Crippen molar-refractivity contribution >= 4 is 23.4 Å². The first-order chi connectivity index (χ1) is 12.3. The number of hydrogen-bond donors (Lipinski definition) is 2. The highest BCUT2D eigenvalue weighted by atomic mass is 16.3. The van der Waals surface area contributed by atoms with E-state index in [1.54, 1.807) is 18.3 Å². The summed E-state index contributed by atoms with van der Waals surface area (Å²) in [6.07, 6.45) is 3.88. The minimum atomic E-state index is -0.322. The normalized spacial score (nSPS) is 15.5. The second-order valence-electron chi connectivity index (χ2n) is 7.06. The van der Waals surface area contributed by atoms with E-state index in [-0.39, 0.29) is 17.2 Å². The number of amides is 1. The summed E-state index contributed by atoms with van der Waals surface area (Å²) in [5.74, 6) is -0.201. The summed E-state index contributed by atoms with van der Waals surface area (Å²) in [6, 6.07) is 12.2. The maximum absolute atomic E-state index is 12.0. The predicted molar refractivity (Wildman–Crippen MR) is 106 cm³/mol. The molecule has 3 rings (SSSR count). The van der Waals surface area contributed by atoms with Crippen molar-refractivity contribution in [2.45, 2.75) is 26.3 Å². The average Bonchev–Trinajstić information content (AvgIpc) is 2.60. The number of benzene rings is 2. The van der Waals surface area contributed by atoms with Crippen molar-refractivity contribution in [3.8, 4) is 5.75 Å². The molecule has 1 aliphatic rings. The van der Waals surface area contributed by atoms with Gasteiger partial charge < -0.3 is 10.0 Å². The van der Waals surface area contributed by atoms with Gasteiger partial charge in [0.1, 0.15) is 5.75 Å². The molecule has 0 radical (unpaired) electrons. The number of allylic oxidation sites excluding steroid dienone is 1. The van der Waals surface area contributed by atoms with Gasteiger partial charge >= 0.3 is 0 Å². The highest BCUT2D eigenvalue weighted by Crippen LogP contribution is 2.37. The van der Waals surface area contributed by atoms with Crippen molar-refractivity contribution in [1.82, 2.24) is 5.43 Å². The maximum atomic E-state index is 12.0. The van der Waals surface area contributed by atoms with E-state index in [0.717, 1.165) is 5.56 Å². The molecule has 134 valence electrons. The largest absolute Gasteiger partial charge is 0.508 e. The Kier molecular flexibility index (Phi) is 4.55. The third-order valence-electron chi connectivity index (χ3n) is 4.75. The number of aromatic hydroxyl groups is 1. The van der Waals surface area contributed by atoms with E-state index in [1.807, 2.05) is 6.07 Å². The molecule has 0 aliphatic carbocycles. The number of fused-ring (bicyclic) bond motifs is 1. The van der Waals surface area contributed by atoms with Crippen LogP contribution in [0.2, 0.25) is 0 Å². The quantitative estimate of drug-likeness (QED) is 0.654. The molecule has 1 aliphatic heterocycles. The Morgan fingerprint density at radius 2 is 1.88 bits per heavy atom. The van der Waals surface area contributed by atoms with Gasteiger partial charge in [0.2, 0.25) is 0 Å². The summed E-state index contributed by atoms with van der Waals surface area (Å²) in [7, 11) is 2.09. The minimum Gasteiger partial charge on any atom is -0.508 e. The van der Waals surface area contributed by atoms with Crippen LogP contribution in [0, 0.1) is 0 Å². The Bertz CT molecular complexity index is 896. The van der Waals surface area contributed by atoms with Crippen LogP contribution in [0.15, 0.2) is 53.6 Å². The molecule has 5 heteroatoms. The van der Waals surface area contributed by atoms with Crippen LogP contribution < -0.4 is 10.3 Å². The third-order valence-corrected chi connectivity index (χ3v) is 4.75. The zero-order valence-corrected chi connectivity index (χ0v) is 15.4. The Morgan fingerprint density at radius 1 is 1.19 bits per heavy atom. The zero-order chi connectivity index (χ0) is 18.9. The summed E-state index contributed by atoms with van der Waals surface area (Å²) in [5, 5.41) is 13.3. The standard InChI is InChI=1S/C21H23N3O2/c1-14-12-21(2,3)24(4)19-10-5-15(11-18(14)19)13-22-23-20(26)16-6-8-17(25)9-7-16/h5-13,25H,1-4H3,(H,23,26)/b22-13+. The summed E-state index contributed by atoms with van der Waals surface area (Å²) < 4.78 is 0. The Hall–Kier alpha value is -3.08. The van der Waals surface area contributed by atoms with Crippen molar-refractivity contribution in [3.63, 3.8) is 0 Å². The number of likely N-dealkylation sites (N-methyl/N-ethyl adjacent to an activating group) is 1. The van der Waals surface area contributed by atoms with E-state index in [4.69, 9.17) is 0 Å². The van der Waals surface area contributed by atoms with Crippen LogP contribution in [-0.2, 0) is 0 Å². The van der Waals surface area contributed by atoms with E-state index in [2.05, 4.69) is 61.5 Å². The number of hydrazone groups is 1. The van der Waals surface area contributed by atoms with Gasteiger partial charge in [0, 0.05) is 23.9 Å². The lowest BCUT2D eigenvalue weighted by atomic mass is 9.89. The van der Waals surface area contributed by atoms with Crippen LogP contribution in [0.25, 0.3) is 5.57 Å². The van der Waals surface area contributed by atoms with E-state index < -0.39 is 0 Å². The summed E-state index contributed by atoms with van der Waals surface area (Å²) in [5.41, 5.74) is 7.41. The molecule has 2 aromatic carbocycles. The summed E-state index contributed by atoms with van der Waals surface area (Å²) in [4.78, 5) is 14.3. The van der Waals surface area contributed by atoms with Crippen LogP contribution in [0.3, 0.4) is 0 Å². The maximum Gasteiger partial charge on any atom is 0.271 e. The lowest BCUT2D eigenvalue weighted by Crippen LogP contribution is -2.42. The first kappa shape index (κ1) is 17.7. The fourth-order valence-corrected chi connectivity index (χ4v) is 3.10. The molecule has 0 saturated carbocycles. The number of hydrogen-bond acceptors (Lipinski definition) is 4. The first-order valence-electron chi connectivity index (χ1n) is 8.48. The minimum absolute atomic E-state index is 0.0230. The van der Waals surface area contributed by atoms with Crippen molar-refractivity contribution in [3.05, 3.63) is 65.2 Å². The molecule has 0 bridgehead atoms. The van der Waals surface area contributed by atoms with Gasteiger partial charge in [-0.15, -0.1) is 0 Å². The number of anilines is 1. The molecule has 0 atom stereocenters. The topological polar surface area (TPSA) is 64.9 Å². The van der Waals surface area contributed by atoms with E-state index in [1.165, 1.54) is 29.0 Å². The summed E-state index contributed by atoms with van der Waals surface area (Å²) >= 11 is 0. The molecule has 0 aromatic heterocycles. The SMILES string of the molecule is CC1=CC(C)(C)N(C)c2ccc(/C=N/NC(=O)c3ccc(O)cc3)cc21. The number of carbonyl (C=O) groups is 1. The molecule has 2 N–H and O–H groups in total. The van der Waals surface area contributed by atoms with Gasteiger partial charge in [-0.05, 0) is 68.3 Å². The number of nitrogens with zero attached hydrogens (tertiary/aromatic N) is 2. The molecular formula is C21H23N3O2. The summed E-state index contributed by atoms with van der Waals surface area (Å²) in [6.45, 7) is 6.49. The molecule has 2 aromatic rings. The predicted octanol–water partition coefficient (Wildman–Crippen LogP) is 3.79.